The van der Waals surface area contributed by atoms with E-state index in [4.69, 9.17) is 5.11 Å². The van der Waals surface area contributed by atoms with E-state index in [0.717, 1.165) is 23.7 Å². The molecule has 0 radical (unpaired) electrons. The van der Waals surface area contributed by atoms with Crippen LogP contribution in [0.25, 0.3) is 22.6 Å². The Kier molecular flexibility index (Phi) is 2.90. The minimum Gasteiger partial charge on any atom is -0.480 e. The van der Waals surface area contributed by atoms with Crippen molar-refractivity contribution < 1.29 is 18.7 Å². The molecule has 9 heteroatoms. The van der Waals surface area contributed by atoms with Crippen LogP contribution >= 0.6 is 11.5 Å². The summed E-state index contributed by atoms with van der Waals surface area (Å²) < 4.78 is 31.5. The lowest BCUT2D eigenvalue weighted by atomic mass is 10.3. The number of carboxylic acids is 1. The Hall–Kier alpha value is -2.42. The van der Waals surface area contributed by atoms with Crippen LogP contribution in [0.1, 0.15) is 0 Å². The van der Waals surface area contributed by atoms with Gasteiger partial charge in [0.25, 0.3) is 0 Å². The summed E-state index contributed by atoms with van der Waals surface area (Å²) in [5.41, 5.74) is 0.704. The fourth-order valence-electron chi connectivity index (χ4n) is 1.87. The average Bonchev–Trinajstić information content (AvgIpc) is 2.99. The second-order valence-electron chi connectivity index (χ2n) is 3.96. The van der Waals surface area contributed by atoms with Gasteiger partial charge >= 0.3 is 5.97 Å². The van der Waals surface area contributed by atoms with Crippen molar-refractivity contribution in [2.75, 3.05) is 0 Å². The highest BCUT2D eigenvalue weighted by Gasteiger charge is 2.18. The monoisotopic (exact) mass is 296 g/mol. The third kappa shape index (κ3) is 2.01. The lowest BCUT2D eigenvalue weighted by Gasteiger charge is -2.04. The number of carbonyl (C=O) groups is 1. The van der Waals surface area contributed by atoms with Crippen molar-refractivity contribution in [1.29, 1.82) is 0 Å². The van der Waals surface area contributed by atoms with E-state index in [1.807, 2.05) is 0 Å². The summed E-state index contributed by atoms with van der Waals surface area (Å²) in [4.78, 5) is 15.0. The molecule has 2 heterocycles. The maximum atomic E-state index is 13.3. The van der Waals surface area contributed by atoms with Crippen LogP contribution in [0, 0.1) is 11.6 Å². The molecule has 0 aliphatic heterocycles. The first-order chi connectivity index (χ1) is 9.56. The first-order valence-corrected chi connectivity index (χ1v) is 6.24. The molecule has 0 unspecified atom stereocenters. The number of aliphatic carboxylic acids is 1. The van der Waals surface area contributed by atoms with E-state index >= 15 is 0 Å². The minimum absolute atomic E-state index is 0.160. The summed E-state index contributed by atoms with van der Waals surface area (Å²) in [5.74, 6) is -3.02. The molecule has 0 aliphatic rings. The third-order valence-electron chi connectivity index (χ3n) is 2.67. The first kappa shape index (κ1) is 12.6. The summed E-state index contributed by atoms with van der Waals surface area (Å²) in [6.07, 6.45) is 0. The fraction of sp³-hybridized carbons (Fsp3) is 0.0909. The number of nitrogens with zero attached hydrogens (tertiary/aromatic N) is 4. The van der Waals surface area contributed by atoms with Gasteiger partial charge in [-0.15, -0.1) is 5.10 Å². The van der Waals surface area contributed by atoms with E-state index in [1.54, 1.807) is 5.38 Å². The zero-order valence-corrected chi connectivity index (χ0v) is 10.6. The van der Waals surface area contributed by atoms with Crippen molar-refractivity contribution in [1.82, 2.24) is 19.1 Å². The van der Waals surface area contributed by atoms with Crippen LogP contribution < -0.4 is 0 Å². The summed E-state index contributed by atoms with van der Waals surface area (Å²) in [6.45, 7) is -0.436. The van der Waals surface area contributed by atoms with Gasteiger partial charge < -0.3 is 9.67 Å². The molecule has 1 aromatic carbocycles. The molecule has 0 saturated heterocycles. The van der Waals surface area contributed by atoms with E-state index in [0.29, 0.717) is 5.69 Å². The van der Waals surface area contributed by atoms with Crippen molar-refractivity contribution in [2.45, 2.75) is 6.54 Å². The molecule has 3 rings (SSSR count). The highest BCUT2D eigenvalue weighted by Crippen LogP contribution is 2.25. The molecule has 1 N–H and O–H groups in total. The predicted octanol–water partition coefficient (Wildman–Crippen LogP) is 1.92. The van der Waals surface area contributed by atoms with Crippen LogP contribution in [-0.2, 0) is 11.3 Å². The number of aromatic nitrogens is 4. The topological polar surface area (TPSA) is 80.9 Å². The van der Waals surface area contributed by atoms with Crippen LogP contribution in [0.15, 0.2) is 17.5 Å². The number of imidazole rings is 1. The van der Waals surface area contributed by atoms with Crippen LogP contribution in [0.4, 0.5) is 8.78 Å². The molecular formula is C11H6F2N4O2S. The SMILES string of the molecule is O=C(O)Cn1c(-c2csnn2)nc2cc(F)c(F)cc21. The molecule has 0 bridgehead atoms. The summed E-state index contributed by atoms with van der Waals surface area (Å²) >= 11 is 1.07. The first-order valence-electron chi connectivity index (χ1n) is 5.41. The Morgan fingerprint density at radius 3 is 2.75 bits per heavy atom. The van der Waals surface area contributed by atoms with E-state index in [1.165, 1.54) is 4.57 Å². The summed E-state index contributed by atoms with van der Waals surface area (Å²) in [5, 5.41) is 14.3. The van der Waals surface area contributed by atoms with Gasteiger partial charge in [-0.1, -0.05) is 4.49 Å². The number of fused-ring (bicyclic) bond motifs is 1. The molecular weight excluding hydrogens is 290 g/mol. The van der Waals surface area contributed by atoms with Gasteiger partial charge in [-0.25, -0.2) is 13.8 Å². The van der Waals surface area contributed by atoms with Crippen molar-refractivity contribution >= 4 is 28.5 Å². The Bertz CT molecular complexity index is 800. The van der Waals surface area contributed by atoms with E-state index < -0.39 is 24.1 Å². The molecule has 6 nitrogen and oxygen atoms in total. The van der Waals surface area contributed by atoms with E-state index in [-0.39, 0.29) is 16.9 Å². The maximum absolute atomic E-state index is 13.3. The van der Waals surface area contributed by atoms with Crippen LogP contribution in [0.5, 0.6) is 0 Å². The van der Waals surface area contributed by atoms with Crippen molar-refractivity contribution in [3.63, 3.8) is 0 Å². The second-order valence-corrected chi connectivity index (χ2v) is 4.57. The van der Waals surface area contributed by atoms with Gasteiger partial charge in [-0.05, 0) is 11.5 Å². The molecule has 20 heavy (non-hydrogen) atoms. The third-order valence-corrected chi connectivity index (χ3v) is 3.18. The van der Waals surface area contributed by atoms with Crippen LogP contribution in [-0.4, -0.2) is 30.2 Å². The lowest BCUT2D eigenvalue weighted by molar-refractivity contribution is -0.137. The lowest BCUT2D eigenvalue weighted by Crippen LogP contribution is -2.10. The van der Waals surface area contributed by atoms with E-state index in [2.05, 4.69) is 14.6 Å². The Morgan fingerprint density at radius 1 is 1.35 bits per heavy atom. The molecule has 0 spiro atoms. The highest BCUT2D eigenvalue weighted by atomic mass is 32.1. The second kappa shape index (κ2) is 4.60. The smallest absolute Gasteiger partial charge is 0.323 e. The van der Waals surface area contributed by atoms with Crippen LogP contribution in [0.2, 0.25) is 0 Å². The fourth-order valence-corrected chi connectivity index (χ4v) is 2.31. The quantitative estimate of drug-likeness (QED) is 0.798. The molecule has 2 aromatic heterocycles. The normalized spacial score (nSPS) is 11.1. The molecule has 0 saturated carbocycles. The molecule has 0 aliphatic carbocycles. The highest BCUT2D eigenvalue weighted by molar-refractivity contribution is 7.03. The number of halogens is 2. The van der Waals surface area contributed by atoms with Crippen LogP contribution in [0.3, 0.4) is 0 Å². The number of hydrogen-bond donors (Lipinski definition) is 1. The molecule has 0 atom stereocenters. The number of carboxylic acid groups (broad SMARTS) is 1. The van der Waals surface area contributed by atoms with Gasteiger partial charge in [-0.3, -0.25) is 4.79 Å². The minimum atomic E-state index is -1.13. The largest absolute Gasteiger partial charge is 0.480 e. The Labute approximate surface area is 114 Å². The average molecular weight is 296 g/mol. The van der Waals surface area contributed by atoms with Gasteiger partial charge in [0.1, 0.15) is 12.2 Å². The van der Waals surface area contributed by atoms with Crippen molar-refractivity contribution in [3.05, 3.63) is 29.1 Å². The van der Waals surface area contributed by atoms with E-state index in [9.17, 15) is 13.6 Å². The standard InChI is InChI=1S/C11H6F2N4O2S/c12-5-1-7-9(2-6(5)13)17(3-10(18)19)11(14-7)8-4-20-16-15-8/h1-2,4H,3H2,(H,18,19). The van der Waals surface area contributed by atoms with Crippen molar-refractivity contribution in [3.8, 4) is 11.5 Å². The van der Waals surface area contributed by atoms with Gasteiger partial charge in [-0.2, -0.15) is 0 Å². The van der Waals surface area contributed by atoms with Gasteiger partial charge in [0.15, 0.2) is 17.5 Å². The Balaban J connectivity index is 2.30. The number of benzene rings is 1. The summed E-state index contributed by atoms with van der Waals surface area (Å²) in [6, 6.07) is 1.84. The summed E-state index contributed by atoms with van der Waals surface area (Å²) in [7, 11) is 0. The zero-order chi connectivity index (χ0) is 14.3. The zero-order valence-electron chi connectivity index (χ0n) is 9.75. The molecule has 3 aromatic rings. The Morgan fingerprint density at radius 2 is 2.10 bits per heavy atom. The number of hydrogen-bond acceptors (Lipinski definition) is 5. The molecule has 0 fully saturated rings. The molecule has 102 valence electrons. The van der Waals surface area contributed by atoms with Gasteiger partial charge in [0, 0.05) is 17.5 Å². The van der Waals surface area contributed by atoms with Gasteiger partial charge in [0.2, 0.25) is 0 Å². The molecule has 0 amide bonds. The van der Waals surface area contributed by atoms with Gasteiger partial charge in [0.05, 0.1) is 11.0 Å². The maximum Gasteiger partial charge on any atom is 0.323 e. The predicted molar refractivity (Wildman–Crippen MR) is 66.2 cm³/mol. The number of rotatable bonds is 3. The van der Waals surface area contributed by atoms with Crippen molar-refractivity contribution in [2.24, 2.45) is 0 Å².